The van der Waals surface area contributed by atoms with Crippen molar-refractivity contribution < 1.29 is 0 Å². The van der Waals surface area contributed by atoms with Gasteiger partial charge in [-0.2, -0.15) is 0 Å². The van der Waals surface area contributed by atoms with Crippen LogP contribution in [0.2, 0.25) is 19.6 Å². The summed E-state index contributed by atoms with van der Waals surface area (Å²) in [4.78, 5) is 0. The van der Waals surface area contributed by atoms with Crippen LogP contribution in [0.4, 0.5) is 0 Å². The van der Waals surface area contributed by atoms with Gasteiger partial charge in [-0.15, -0.1) is 0 Å². The Labute approximate surface area is 113 Å². The molecule has 1 aromatic carbocycles. The van der Waals surface area contributed by atoms with E-state index in [4.69, 9.17) is 0 Å². The lowest BCUT2D eigenvalue weighted by atomic mass is 10.2. The van der Waals surface area contributed by atoms with Crippen LogP contribution in [-0.4, -0.2) is 14.1 Å². The van der Waals surface area contributed by atoms with Gasteiger partial charge < -0.3 is 5.32 Å². The summed E-state index contributed by atoms with van der Waals surface area (Å²) in [5.41, 5.74) is 1.43. The average Bonchev–Trinajstić information content (AvgIpc) is 3.05. The van der Waals surface area contributed by atoms with Crippen molar-refractivity contribution in [2.75, 3.05) is 0 Å². The van der Waals surface area contributed by atoms with Crippen LogP contribution >= 0.6 is 0 Å². The molecular formula is C16H27NSi. The van der Waals surface area contributed by atoms with E-state index in [-0.39, 0.29) is 0 Å². The second-order valence-corrected chi connectivity index (χ2v) is 11.8. The largest absolute Gasteiger partial charge is 0.310 e. The molecule has 1 saturated carbocycles. The zero-order valence-corrected chi connectivity index (χ0v) is 13.3. The molecule has 1 nitrogen and oxygen atoms in total. The maximum Gasteiger partial charge on any atom is 0.0775 e. The highest BCUT2D eigenvalue weighted by molar-refractivity contribution is 6.88. The quantitative estimate of drug-likeness (QED) is 0.773. The fraction of sp³-hybridized carbons (Fsp3) is 0.625. The van der Waals surface area contributed by atoms with E-state index in [1.165, 1.54) is 24.8 Å². The first kappa shape index (κ1) is 13.8. The van der Waals surface area contributed by atoms with Crippen molar-refractivity contribution in [2.24, 2.45) is 5.92 Å². The Morgan fingerprint density at radius 1 is 1.17 bits per heavy atom. The van der Waals surface area contributed by atoms with Gasteiger partial charge >= 0.3 is 0 Å². The Morgan fingerprint density at radius 2 is 1.83 bits per heavy atom. The van der Waals surface area contributed by atoms with Gasteiger partial charge in [0.15, 0.2) is 0 Å². The average molecular weight is 261 g/mol. The lowest BCUT2D eigenvalue weighted by molar-refractivity contribution is 0.599. The van der Waals surface area contributed by atoms with Gasteiger partial charge in [0.25, 0.3) is 0 Å². The van der Waals surface area contributed by atoms with Crippen molar-refractivity contribution in [1.82, 2.24) is 5.32 Å². The summed E-state index contributed by atoms with van der Waals surface area (Å²) in [6.07, 6.45) is 4.11. The van der Waals surface area contributed by atoms with Gasteiger partial charge in [0, 0.05) is 12.6 Å². The van der Waals surface area contributed by atoms with Crippen LogP contribution in [0.1, 0.15) is 31.7 Å². The van der Waals surface area contributed by atoms with Gasteiger partial charge in [0.2, 0.25) is 0 Å². The SMILES string of the molecule is CCCC1CC1NCc1ccc([Si](C)(C)C)cc1. The highest BCUT2D eigenvalue weighted by atomic mass is 28.3. The molecule has 1 aromatic rings. The van der Waals surface area contributed by atoms with Crippen molar-refractivity contribution in [3.05, 3.63) is 29.8 Å². The van der Waals surface area contributed by atoms with Crippen LogP contribution in [0.5, 0.6) is 0 Å². The smallest absolute Gasteiger partial charge is 0.0775 e. The second kappa shape index (κ2) is 5.58. The fourth-order valence-electron chi connectivity index (χ4n) is 2.56. The topological polar surface area (TPSA) is 12.0 Å². The molecule has 18 heavy (non-hydrogen) atoms. The molecule has 2 rings (SSSR count). The molecule has 2 heteroatoms. The number of rotatable bonds is 6. The summed E-state index contributed by atoms with van der Waals surface area (Å²) in [6, 6.07) is 10.1. The van der Waals surface area contributed by atoms with E-state index in [0.717, 1.165) is 18.5 Å². The standard InChI is InChI=1S/C16H27NSi/c1-5-6-14-11-16(14)17-12-13-7-9-15(10-8-13)18(2,3)4/h7-10,14,16-17H,5-6,11-12H2,1-4H3. The normalized spacial score (nSPS) is 23.1. The van der Waals surface area contributed by atoms with Crippen LogP contribution in [0.15, 0.2) is 24.3 Å². The predicted octanol–water partition coefficient (Wildman–Crippen LogP) is 3.51. The van der Waals surface area contributed by atoms with E-state index in [9.17, 15) is 0 Å². The Hall–Kier alpha value is -0.603. The van der Waals surface area contributed by atoms with Crippen LogP contribution in [0.3, 0.4) is 0 Å². The molecule has 1 fully saturated rings. The molecule has 0 saturated heterocycles. The molecule has 0 aromatic heterocycles. The van der Waals surface area contributed by atoms with E-state index < -0.39 is 8.07 Å². The lowest BCUT2D eigenvalue weighted by Gasteiger charge is -2.16. The first-order valence-electron chi connectivity index (χ1n) is 7.33. The molecule has 0 spiro atoms. The monoisotopic (exact) mass is 261 g/mol. The first-order valence-corrected chi connectivity index (χ1v) is 10.8. The Bertz CT molecular complexity index is 377. The molecule has 0 aliphatic heterocycles. The van der Waals surface area contributed by atoms with Gasteiger partial charge in [-0.25, -0.2) is 0 Å². The van der Waals surface area contributed by atoms with Crippen molar-refractivity contribution >= 4 is 13.3 Å². The molecule has 0 amide bonds. The fourth-order valence-corrected chi connectivity index (χ4v) is 3.73. The van der Waals surface area contributed by atoms with Crippen molar-refractivity contribution in [3.63, 3.8) is 0 Å². The van der Waals surface area contributed by atoms with Crippen LogP contribution in [-0.2, 0) is 6.54 Å². The lowest BCUT2D eigenvalue weighted by Crippen LogP contribution is -2.37. The van der Waals surface area contributed by atoms with E-state index in [1.807, 2.05) is 0 Å². The Morgan fingerprint density at radius 3 is 2.39 bits per heavy atom. The third-order valence-corrected chi connectivity index (χ3v) is 6.04. The van der Waals surface area contributed by atoms with E-state index >= 15 is 0 Å². The third kappa shape index (κ3) is 3.69. The summed E-state index contributed by atoms with van der Waals surface area (Å²) < 4.78 is 0. The van der Waals surface area contributed by atoms with E-state index in [2.05, 4.69) is 56.1 Å². The minimum atomic E-state index is -1.13. The second-order valence-electron chi connectivity index (χ2n) is 6.72. The Kier molecular flexibility index (Phi) is 4.28. The molecule has 0 radical (unpaired) electrons. The molecule has 2 unspecified atom stereocenters. The highest BCUT2D eigenvalue weighted by Crippen LogP contribution is 2.34. The van der Waals surface area contributed by atoms with E-state index in [1.54, 1.807) is 5.19 Å². The van der Waals surface area contributed by atoms with Crippen LogP contribution < -0.4 is 10.5 Å². The highest BCUT2D eigenvalue weighted by Gasteiger charge is 2.35. The van der Waals surface area contributed by atoms with E-state index in [0.29, 0.717) is 0 Å². The van der Waals surface area contributed by atoms with Gasteiger partial charge in [-0.3, -0.25) is 0 Å². The minimum absolute atomic E-state index is 0.793. The number of nitrogens with one attached hydrogen (secondary N) is 1. The summed E-state index contributed by atoms with van der Waals surface area (Å²) in [5.74, 6) is 0.955. The maximum absolute atomic E-state index is 3.68. The molecule has 0 bridgehead atoms. The van der Waals surface area contributed by atoms with Gasteiger partial charge in [-0.05, 0) is 24.3 Å². The molecule has 0 heterocycles. The maximum atomic E-state index is 3.68. The van der Waals surface area contributed by atoms with Crippen molar-refractivity contribution in [2.45, 2.75) is 58.4 Å². The third-order valence-electron chi connectivity index (χ3n) is 3.97. The van der Waals surface area contributed by atoms with Crippen molar-refractivity contribution in [1.29, 1.82) is 0 Å². The minimum Gasteiger partial charge on any atom is -0.310 e. The van der Waals surface area contributed by atoms with Crippen LogP contribution in [0.25, 0.3) is 0 Å². The van der Waals surface area contributed by atoms with Crippen molar-refractivity contribution in [3.8, 4) is 0 Å². The molecular weight excluding hydrogens is 234 g/mol. The summed E-state index contributed by atoms with van der Waals surface area (Å²) in [7, 11) is -1.13. The molecule has 100 valence electrons. The summed E-state index contributed by atoms with van der Waals surface area (Å²) in [5, 5.41) is 5.23. The first-order chi connectivity index (χ1) is 8.50. The molecule has 1 aliphatic carbocycles. The predicted molar refractivity (Wildman–Crippen MR) is 83.1 cm³/mol. The summed E-state index contributed by atoms with van der Waals surface area (Å²) >= 11 is 0. The summed E-state index contributed by atoms with van der Waals surface area (Å²) in [6.45, 7) is 10.5. The molecule has 1 aliphatic rings. The van der Waals surface area contributed by atoms with Gasteiger partial charge in [-0.1, -0.05) is 62.4 Å². The number of hydrogen-bond donors (Lipinski definition) is 1. The molecule has 2 atom stereocenters. The zero-order valence-electron chi connectivity index (χ0n) is 12.3. The number of hydrogen-bond acceptors (Lipinski definition) is 1. The zero-order chi connectivity index (χ0) is 13.2. The Balaban J connectivity index is 1.81. The number of benzene rings is 1. The van der Waals surface area contributed by atoms with Gasteiger partial charge in [0.1, 0.15) is 0 Å². The van der Waals surface area contributed by atoms with Gasteiger partial charge in [0.05, 0.1) is 8.07 Å². The molecule has 1 N–H and O–H groups in total. The van der Waals surface area contributed by atoms with Crippen LogP contribution in [0, 0.1) is 5.92 Å².